The van der Waals surface area contributed by atoms with Crippen molar-refractivity contribution in [1.29, 1.82) is 0 Å². The van der Waals surface area contributed by atoms with Crippen molar-refractivity contribution in [2.24, 2.45) is 11.8 Å². The number of benzene rings is 1. The molecule has 3 rings (SSSR count). The molecular formula is C22H31N3O2S. The highest BCUT2D eigenvalue weighted by atomic mass is 32.1. The van der Waals surface area contributed by atoms with E-state index in [2.05, 4.69) is 29.7 Å². The van der Waals surface area contributed by atoms with Gasteiger partial charge in [0.15, 0.2) is 5.11 Å². The van der Waals surface area contributed by atoms with Crippen LogP contribution < -0.4 is 10.6 Å². The molecule has 28 heavy (non-hydrogen) atoms. The van der Waals surface area contributed by atoms with Crippen LogP contribution in [-0.4, -0.2) is 41.0 Å². The van der Waals surface area contributed by atoms with Crippen LogP contribution in [-0.2, 0) is 16.0 Å². The quantitative estimate of drug-likeness (QED) is 0.519. The first-order valence-electron chi connectivity index (χ1n) is 10.5. The first kappa shape index (κ1) is 20.8. The topological polar surface area (TPSA) is 61.4 Å². The molecule has 3 unspecified atom stereocenters. The second kappa shape index (κ2) is 10.0. The summed E-state index contributed by atoms with van der Waals surface area (Å²) in [4.78, 5) is 27.2. The van der Waals surface area contributed by atoms with Gasteiger partial charge in [-0.2, -0.15) is 0 Å². The summed E-state index contributed by atoms with van der Waals surface area (Å²) in [6.07, 6.45) is 6.23. The number of unbranched alkanes of at least 4 members (excludes halogenated alkanes) is 2. The van der Waals surface area contributed by atoms with Crippen LogP contribution in [0.5, 0.6) is 0 Å². The Morgan fingerprint density at radius 2 is 2.04 bits per heavy atom. The van der Waals surface area contributed by atoms with E-state index in [9.17, 15) is 9.59 Å². The number of fused-ring (bicyclic) bond motifs is 1. The highest BCUT2D eigenvalue weighted by Crippen LogP contribution is 2.33. The standard InChI is InChI=1S/C22H31N3O2S/c1-2-3-7-14-25-21(27)18-11-10-17(15-19(18)24-22(25)28)20(26)23-13-12-16-8-5-4-6-9-16/h4-6,8-9,17-19H,2-3,7,10-15H2,1H3,(H,23,26)(H,24,28). The van der Waals surface area contributed by atoms with Crippen LogP contribution in [0.2, 0.25) is 0 Å². The fraction of sp³-hybridized carbons (Fsp3) is 0.591. The Labute approximate surface area is 173 Å². The van der Waals surface area contributed by atoms with Crippen molar-refractivity contribution >= 4 is 29.1 Å². The van der Waals surface area contributed by atoms with Crippen LogP contribution in [0.3, 0.4) is 0 Å². The van der Waals surface area contributed by atoms with E-state index in [1.807, 2.05) is 18.2 Å². The van der Waals surface area contributed by atoms with Crippen LogP contribution in [0.1, 0.15) is 51.0 Å². The third kappa shape index (κ3) is 5.10. The normalized spacial score (nSPS) is 24.5. The number of nitrogens with one attached hydrogen (secondary N) is 2. The lowest BCUT2D eigenvalue weighted by molar-refractivity contribution is -0.137. The summed E-state index contributed by atoms with van der Waals surface area (Å²) in [5.74, 6) is 0.140. The minimum atomic E-state index is -0.0540. The Bertz CT molecular complexity index is 694. The molecule has 0 bridgehead atoms. The summed E-state index contributed by atoms with van der Waals surface area (Å²) in [7, 11) is 0. The van der Waals surface area contributed by atoms with Crippen molar-refractivity contribution < 1.29 is 9.59 Å². The molecule has 6 heteroatoms. The van der Waals surface area contributed by atoms with Gasteiger partial charge in [-0.3, -0.25) is 14.5 Å². The molecule has 1 aromatic rings. The molecule has 1 saturated heterocycles. The Morgan fingerprint density at radius 3 is 2.79 bits per heavy atom. The van der Waals surface area contributed by atoms with Crippen molar-refractivity contribution in [1.82, 2.24) is 15.5 Å². The van der Waals surface area contributed by atoms with Gasteiger partial charge in [0.1, 0.15) is 0 Å². The Kier molecular flexibility index (Phi) is 7.43. The van der Waals surface area contributed by atoms with Gasteiger partial charge in [0.05, 0.1) is 5.92 Å². The van der Waals surface area contributed by atoms with E-state index in [4.69, 9.17) is 12.2 Å². The molecule has 0 spiro atoms. The Morgan fingerprint density at radius 1 is 1.25 bits per heavy atom. The number of hydrogen-bond acceptors (Lipinski definition) is 3. The molecule has 5 nitrogen and oxygen atoms in total. The number of hydrogen-bond donors (Lipinski definition) is 2. The van der Waals surface area contributed by atoms with Crippen molar-refractivity contribution in [2.75, 3.05) is 13.1 Å². The Balaban J connectivity index is 1.48. The summed E-state index contributed by atoms with van der Waals surface area (Å²) >= 11 is 5.44. The summed E-state index contributed by atoms with van der Waals surface area (Å²) < 4.78 is 0. The van der Waals surface area contributed by atoms with E-state index in [1.54, 1.807) is 4.90 Å². The number of carbonyl (C=O) groups excluding carboxylic acids is 2. The number of rotatable bonds is 8. The third-order valence-electron chi connectivity index (χ3n) is 5.90. The van der Waals surface area contributed by atoms with Gasteiger partial charge >= 0.3 is 0 Å². The SMILES string of the molecule is CCCCCN1C(=O)C2CCC(C(=O)NCCc3ccccc3)CC2NC1=S. The van der Waals surface area contributed by atoms with Gasteiger partial charge in [0.2, 0.25) is 11.8 Å². The minimum absolute atomic E-state index is 0.0129. The van der Waals surface area contributed by atoms with E-state index < -0.39 is 0 Å². The van der Waals surface area contributed by atoms with Crippen LogP contribution in [0.4, 0.5) is 0 Å². The van der Waals surface area contributed by atoms with Gasteiger partial charge in [0, 0.05) is 25.0 Å². The molecule has 3 atom stereocenters. The second-order valence-electron chi connectivity index (χ2n) is 7.90. The molecule has 1 aromatic carbocycles. The lowest BCUT2D eigenvalue weighted by atomic mass is 9.76. The van der Waals surface area contributed by atoms with Crippen LogP contribution in [0, 0.1) is 11.8 Å². The highest BCUT2D eigenvalue weighted by Gasteiger charge is 2.43. The van der Waals surface area contributed by atoms with E-state index in [1.165, 1.54) is 5.56 Å². The highest BCUT2D eigenvalue weighted by molar-refractivity contribution is 7.80. The first-order valence-corrected chi connectivity index (χ1v) is 10.9. The average Bonchev–Trinajstić information content (AvgIpc) is 2.71. The zero-order valence-corrected chi connectivity index (χ0v) is 17.5. The van der Waals surface area contributed by atoms with E-state index in [-0.39, 0.29) is 29.7 Å². The number of carbonyl (C=O) groups is 2. The fourth-order valence-electron chi connectivity index (χ4n) is 4.25. The smallest absolute Gasteiger partial charge is 0.233 e. The summed E-state index contributed by atoms with van der Waals surface area (Å²) in [5, 5.41) is 6.95. The van der Waals surface area contributed by atoms with Crippen LogP contribution >= 0.6 is 12.2 Å². The molecule has 1 saturated carbocycles. The molecule has 1 aliphatic carbocycles. The van der Waals surface area contributed by atoms with Gasteiger partial charge in [0.25, 0.3) is 0 Å². The predicted molar refractivity (Wildman–Crippen MR) is 115 cm³/mol. The molecule has 2 aliphatic rings. The van der Waals surface area contributed by atoms with Crippen LogP contribution in [0.25, 0.3) is 0 Å². The molecule has 1 heterocycles. The molecule has 0 aromatic heterocycles. The summed E-state index contributed by atoms with van der Waals surface area (Å²) in [5.41, 5.74) is 1.22. The minimum Gasteiger partial charge on any atom is -0.359 e. The Hall–Kier alpha value is -1.95. The van der Waals surface area contributed by atoms with Crippen molar-refractivity contribution in [3.8, 4) is 0 Å². The fourth-order valence-corrected chi connectivity index (χ4v) is 4.58. The second-order valence-corrected chi connectivity index (χ2v) is 8.28. The maximum Gasteiger partial charge on any atom is 0.233 e. The number of amides is 2. The zero-order valence-electron chi connectivity index (χ0n) is 16.7. The zero-order chi connectivity index (χ0) is 19.9. The van der Waals surface area contributed by atoms with Gasteiger partial charge in [-0.15, -0.1) is 0 Å². The van der Waals surface area contributed by atoms with E-state index >= 15 is 0 Å². The van der Waals surface area contributed by atoms with Crippen molar-refractivity contribution in [3.05, 3.63) is 35.9 Å². The monoisotopic (exact) mass is 401 g/mol. The maximum absolute atomic E-state index is 12.9. The van der Waals surface area contributed by atoms with Gasteiger partial charge in [-0.25, -0.2) is 0 Å². The van der Waals surface area contributed by atoms with Crippen LogP contribution in [0.15, 0.2) is 30.3 Å². The number of nitrogens with zero attached hydrogens (tertiary/aromatic N) is 1. The lowest BCUT2D eigenvalue weighted by Gasteiger charge is -2.43. The predicted octanol–water partition coefficient (Wildman–Crippen LogP) is 3.04. The summed E-state index contributed by atoms with van der Waals surface area (Å²) in [6, 6.07) is 10.1. The van der Waals surface area contributed by atoms with Gasteiger partial charge < -0.3 is 10.6 Å². The average molecular weight is 402 g/mol. The largest absolute Gasteiger partial charge is 0.359 e. The molecule has 2 N–H and O–H groups in total. The molecular weight excluding hydrogens is 370 g/mol. The summed E-state index contributed by atoms with van der Waals surface area (Å²) in [6.45, 7) is 3.49. The third-order valence-corrected chi connectivity index (χ3v) is 6.24. The maximum atomic E-state index is 12.9. The van der Waals surface area contributed by atoms with Gasteiger partial charge in [-0.1, -0.05) is 50.1 Å². The van der Waals surface area contributed by atoms with Crippen molar-refractivity contribution in [2.45, 2.75) is 57.9 Å². The molecule has 0 radical (unpaired) electrons. The molecule has 2 fully saturated rings. The van der Waals surface area contributed by atoms with E-state index in [0.29, 0.717) is 24.6 Å². The van der Waals surface area contributed by atoms with Gasteiger partial charge in [-0.05, 0) is 49.9 Å². The molecule has 152 valence electrons. The number of thiocarbonyl (C=S) groups is 1. The lowest BCUT2D eigenvalue weighted by Crippen LogP contribution is -2.62. The van der Waals surface area contributed by atoms with Crippen molar-refractivity contribution in [3.63, 3.8) is 0 Å². The van der Waals surface area contributed by atoms with E-state index in [0.717, 1.165) is 38.5 Å². The first-order chi connectivity index (χ1) is 13.6. The molecule has 2 amide bonds. The molecule has 1 aliphatic heterocycles.